The third-order valence-electron chi connectivity index (χ3n) is 5.53. The number of aromatic nitrogens is 1. The van der Waals surface area contributed by atoms with Crippen LogP contribution in [0.2, 0.25) is 0 Å². The lowest BCUT2D eigenvalue weighted by Crippen LogP contribution is -3.00. The van der Waals surface area contributed by atoms with Gasteiger partial charge in [-0.15, -0.1) is 0 Å². The van der Waals surface area contributed by atoms with Crippen LogP contribution in [-0.2, 0) is 9.53 Å². The zero-order valence-corrected chi connectivity index (χ0v) is 15.2. The molecule has 1 aromatic carbocycles. The van der Waals surface area contributed by atoms with Gasteiger partial charge in [-0.3, -0.25) is 4.79 Å². The van der Waals surface area contributed by atoms with Crippen molar-refractivity contribution in [1.29, 1.82) is 0 Å². The zero-order valence-electron chi connectivity index (χ0n) is 12.8. The standard InChI is InChI=1S/C17H18NO2S2.ClH/c1-2-20-16(19)11-8-9-7-10(11)14-15(9)22-17-18(14)12-5-3-4-6-13(12)21-17;/h3-6,9-11,14-15H,2,7-8H2,1H3;1H/q+1;/p-1. The number of hydrogen-bond acceptors (Lipinski definition) is 4. The summed E-state index contributed by atoms with van der Waals surface area (Å²) in [4.78, 5) is 12.3. The van der Waals surface area contributed by atoms with E-state index in [0.717, 1.165) is 6.42 Å². The van der Waals surface area contributed by atoms with E-state index in [1.807, 2.05) is 18.3 Å². The zero-order chi connectivity index (χ0) is 14.8. The molecular weight excluding hydrogens is 350 g/mol. The van der Waals surface area contributed by atoms with Crippen LogP contribution < -0.4 is 17.0 Å². The summed E-state index contributed by atoms with van der Waals surface area (Å²) in [6.45, 7) is 2.40. The van der Waals surface area contributed by atoms with Crippen LogP contribution in [0.15, 0.2) is 28.6 Å². The van der Waals surface area contributed by atoms with Gasteiger partial charge in [0.2, 0.25) is 5.52 Å². The molecule has 0 amide bonds. The van der Waals surface area contributed by atoms with Crippen LogP contribution in [0.5, 0.6) is 0 Å². The first-order valence-electron chi connectivity index (χ1n) is 8.04. The molecule has 0 saturated heterocycles. The van der Waals surface area contributed by atoms with Crippen molar-refractivity contribution in [3.05, 3.63) is 24.3 Å². The molecule has 2 saturated carbocycles. The second-order valence-corrected chi connectivity index (χ2v) is 8.99. The second-order valence-electron chi connectivity index (χ2n) is 6.53. The van der Waals surface area contributed by atoms with Crippen molar-refractivity contribution in [3.8, 4) is 0 Å². The minimum Gasteiger partial charge on any atom is -1.00 e. The van der Waals surface area contributed by atoms with Crippen molar-refractivity contribution in [3.63, 3.8) is 0 Å². The van der Waals surface area contributed by atoms with Gasteiger partial charge >= 0.3 is 5.97 Å². The van der Waals surface area contributed by atoms with Gasteiger partial charge in [0.25, 0.3) is 4.34 Å². The van der Waals surface area contributed by atoms with E-state index in [2.05, 4.69) is 40.6 Å². The highest BCUT2D eigenvalue weighted by Crippen LogP contribution is 2.61. The number of esters is 1. The number of benzene rings is 1. The maximum absolute atomic E-state index is 12.3. The van der Waals surface area contributed by atoms with Gasteiger partial charge in [-0.1, -0.05) is 23.5 Å². The number of ether oxygens (including phenoxy) is 1. The molecule has 2 aromatic rings. The number of para-hydroxylation sites is 1. The van der Waals surface area contributed by atoms with Gasteiger partial charge in [-0.2, -0.15) is 4.57 Å². The average Bonchev–Trinajstić information content (AvgIpc) is 3.23. The summed E-state index contributed by atoms with van der Waals surface area (Å²) in [5, 5.41) is 0.673. The molecular formula is C17H18ClNO2S2. The van der Waals surface area contributed by atoms with E-state index in [0.29, 0.717) is 29.7 Å². The first-order chi connectivity index (χ1) is 10.8. The van der Waals surface area contributed by atoms with E-state index in [9.17, 15) is 4.79 Å². The van der Waals surface area contributed by atoms with Crippen LogP contribution in [-0.4, -0.2) is 17.8 Å². The Kier molecular flexibility index (Phi) is 3.86. The van der Waals surface area contributed by atoms with Crippen LogP contribution in [0.1, 0.15) is 25.8 Å². The highest BCUT2D eigenvalue weighted by Gasteiger charge is 2.64. The highest BCUT2D eigenvalue weighted by atomic mass is 35.5. The van der Waals surface area contributed by atoms with Crippen LogP contribution in [0.25, 0.3) is 10.2 Å². The van der Waals surface area contributed by atoms with Crippen molar-refractivity contribution in [2.24, 2.45) is 17.8 Å². The molecule has 3 aliphatic rings. The van der Waals surface area contributed by atoms with Crippen LogP contribution in [0.3, 0.4) is 0 Å². The Balaban J connectivity index is 0.00000135. The molecule has 2 heterocycles. The Morgan fingerprint density at radius 1 is 1.35 bits per heavy atom. The summed E-state index contributed by atoms with van der Waals surface area (Å²) in [6.07, 6.45) is 2.23. The third-order valence-corrected chi connectivity index (χ3v) is 8.34. The Morgan fingerprint density at radius 2 is 2.17 bits per heavy atom. The Hall–Kier alpha value is -0.780. The Bertz CT molecular complexity index is 777. The summed E-state index contributed by atoms with van der Waals surface area (Å²) in [6, 6.07) is 9.15. The molecule has 5 atom stereocenters. The topological polar surface area (TPSA) is 30.2 Å². The van der Waals surface area contributed by atoms with Gasteiger partial charge in [0.1, 0.15) is 4.70 Å². The second kappa shape index (κ2) is 5.64. The molecule has 0 N–H and O–H groups in total. The third kappa shape index (κ3) is 2.09. The van der Waals surface area contributed by atoms with Crippen molar-refractivity contribution >= 4 is 39.3 Å². The molecule has 1 aromatic heterocycles. The first-order valence-corrected chi connectivity index (χ1v) is 9.74. The van der Waals surface area contributed by atoms with Gasteiger partial charge < -0.3 is 17.1 Å². The fraction of sp³-hybridized carbons (Fsp3) is 0.529. The number of rotatable bonds is 2. The van der Waals surface area contributed by atoms with E-state index in [-0.39, 0.29) is 24.3 Å². The number of nitrogens with zero attached hydrogens (tertiary/aromatic N) is 1. The van der Waals surface area contributed by atoms with Crippen LogP contribution in [0.4, 0.5) is 0 Å². The Morgan fingerprint density at radius 3 is 3.00 bits per heavy atom. The highest BCUT2D eigenvalue weighted by molar-refractivity contribution is 8.01. The molecule has 122 valence electrons. The number of carbonyl (C=O) groups is 1. The molecule has 5 rings (SSSR count). The van der Waals surface area contributed by atoms with E-state index < -0.39 is 0 Å². The predicted molar refractivity (Wildman–Crippen MR) is 87.0 cm³/mol. The monoisotopic (exact) mass is 367 g/mol. The first kappa shape index (κ1) is 15.7. The largest absolute Gasteiger partial charge is 1.00 e. The number of carbonyl (C=O) groups excluding carboxylic acids is 1. The van der Waals surface area contributed by atoms with Gasteiger partial charge in [-0.25, -0.2) is 0 Å². The van der Waals surface area contributed by atoms with E-state index in [4.69, 9.17) is 4.74 Å². The summed E-state index contributed by atoms with van der Waals surface area (Å²) in [7, 11) is 0. The number of fused-ring (bicyclic) bond motifs is 9. The van der Waals surface area contributed by atoms with Gasteiger partial charge in [0.15, 0.2) is 6.04 Å². The van der Waals surface area contributed by atoms with Crippen molar-refractivity contribution in [1.82, 2.24) is 0 Å². The smallest absolute Gasteiger partial charge is 0.309 e. The molecule has 23 heavy (non-hydrogen) atoms. The van der Waals surface area contributed by atoms with Crippen molar-refractivity contribution < 1.29 is 26.5 Å². The lowest BCUT2D eigenvalue weighted by atomic mass is 9.84. The molecule has 3 nitrogen and oxygen atoms in total. The fourth-order valence-corrected chi connectivity index (χ4v) is 7.93. The lowest BCUT2D eigenvalue weighted by Gasteiger charge is -2.25. The molecule has 1 aliphatic heterocycles. The van der Waals surface area contributed by atoms with Crippen molar-refractivity contribution in [2.45, 2.75) is 35.4 Å². The number of thiazole rings is 1. The molecule has 2 aliphatic carbocycles. The maximum atomic E-state index is 12.3. The van der Waals surface area contributed by atoms with Crippen LogP contribution >= 0.6 is 23.1 Å². The number of thioether (sulfide) groups is 1. The van der Waals surface area contributed by atoms with Gasteiger partial charge in [-0.05, 0) is 43.5 Å². The number of halogens is 1. The average molecular weight is 368 g/mol. The lowest BCUT2D eigenvalue weighted by molar-refractivity contribution is -0.727. The molecule has 0 radical (unpaired) electrons. The quantitative estimate of drug-likeness (QED) is 0.569. The predicted octanol–water partition coefficient (Wildman–Crippen LogP) is 0.427. The van der Waals surface area contributed by atoms with E-state index in [1.54, 1.807) is 0 Å². The fourth-order valence-electron chi connectivity index (χ4n) is 4.77. The van der Waals surface area contributed by atoms with Gasteiger partial charge in [0.05, 0.1) is 17.8 Å². The minimum absolute atomic E-state index is 0. The van der Waals surface area contributed by atoms with Crippen molar-refractivity contribution in [2.75, 3.05) is 6.61 Å². The molecule has 2 bridgehead atoms. The Labute approximate surface area is 149 Å². The summed E-state index contributed by atoms with van der Waals surface area (Å²) in [5.74, 6) is 1.29. The summed E-state index contributed by atoms with van der Waals surface area (Å²) < 4.78 is 10.7. The van der Waals surface area contributed by atoms with E-state index >= 15 is 0 Å². The molecule has 6 heteroatoms. The maximum Gasteiger partial charge on any atom is 0.309 e. The van der Waals surface area contributed by atoms with Crippen LogP contribution in [0, 0.1) is 17.8 Å². The SMILES string of the molecule is CCOC(=O)C1CC2CC1C1C2Sc2sc3ccccc3[n+]21.[Cl-]. The summed E-state index contributed by atoms with van der Waals surface area (Å²) >= 11 is 3.96. The normalized spacial score (nSPS) is 33.3. The molecule has 5 unspecified atom stereocenters. The summed E-state index contributed by atoms with van der Waals surface area (Å²) in [5.41, 5.74) is 1.35. The van der Waals surface area contributed by atoms with E-state index in [1.165, 1.54) is 21.0 Å². The molecule has 2 fully saturated rings. The van der Waals surface area contributed by atoms with Gasteiger partial charge in [0, 0.05) is 12.0 Å². The number of hydrogen-bond donors (Lipinski definition) is 0. The minimum atomic E-state index is 0. The molecule has 0 spiro atoms.